The standard InChI is InChI=1S/C44H34BrN3/c45-39-19-17-37(18-20-39)44-25-28-21-38(44)26-43(24-28,27-44)36-15-13-31(14-16-36)40-46-41(34-11-9-29-5-1-3-7-32(29)22-34)48-42(47-40)35-12-10-30-6-2-4-8-33(30)23-35/h1-20,22-23,28,38H,21,24-27H2. The highest BCUT2D eigenvalue weighted by atomic mass is 79.9. The summed E-state index contributed by atoms with van der Waals surface area (Å²) in [6.07, 6.45) is 6.59. The fourth-order valence-electron chi connectivity index (χ4n) is 9.87. The van der Waals surface area contributed by atoms with Crippen LogP contribution in [0.3, 0.4) is 0 Å². The highest BCUT2D eigenvalue weighted by Gasteiger charge is 2.64. The molecule has 0 N–H and O–H groups in total. The van der Waals surface area contributed by atoms with Gasteiger partial charge in [0.15, 0.2) is 17.5 Å². The molecule has 0 amide bonds. The number of hydrogen-bond donors (Lipinski definition) is 0. The molecule has 11 rings (SSSR count). The predicted molar refractivity (Wildman–Crippen MR) is 199 cm³/mol. The Labute approximate surface area is 289 Å². The van der Waals surface area contributed by atoms with E-state index in [0.29, 0.717) is 22.9 Å². The Morgan fingerprint density at radius 1 is 0.500 bits per heavy atom. The minimum Gasteiger partial charge on any atom is -0.208 e. The third-order valence-electron chi connectivity index (χ3n) is 11.8. The molecule has 0 saturated heterocycles. The zero-order chi connectivity index (χ0) is 31.9. The van der Waals surface area contributed by atoms with Gasteiger partial charge in [-0.25, -0.2) is 15.0 Å². The van der Waals surface area contributed by atoms with Gasteiger partial charge in [-0.2, -0.15) is 0 Å². The van der Waals surface area contributed by atoms with Gasteiger partial charge in [-0.15, -0.1) is 0 Å². The molecule has 1 heterocycles. The summed E-state index contributed by atoms with van der Waals surface area (Å²) >= 11 is 3.66. The molecule has 0 aliphatic heterocycles. The first kappa shape index (κ1) is 28.4. The van der Waals surface area contributed by atoms with Crippen LogP contribution in [0.2, 0.25) is 0 Å². The Bertz CT molecular complexity index is 2270. The van der Waals surface area contributed by atoms with Gasteiger partial charge in [-0.05, 0) is 112 Å². The van der Waals surface area contributed by atoms with Gasteiger partial charge in [0.25, 0.3) is 0 Å². The van der Waals surface area contributed by atoms with E-state index in [1.54, 1.807) is 5.56 Å². The van der Waals surface area contributed by atoms with Gasteiger partial charge >= 0.3 is 0 Å². The van der Waals surface area contributed by atoms with Crippen LogP contribution in [-0.2, 0) is 10.8 Å². The van der Waals surface area contributed by atoms with Crippen LogP contribution in [0.15, 0.2) is 138 Å². The lowest BCUT2D eigenvalue weighted by Crippen LogP contribution is -2.35. The number of hydrogen-bond acceptors (Lipinski definition) is 3. The molecule has 4 heteroatoms. The third kappa shape index (κ3) is 4.49. The molecule has 232 valence electrons. The van der Waals surface area contributed by atoms with Crippen molar-refractivity contribution >= 4 is 37.5 Å². The molecular weight excluding hydrogens is 650 g/mol. The van der Waals surface area contributed by atoms with Crippen molar-refractivity contribution in [2.24, 2.45) is 11.8 Å². The fraction of sp³-hybridized carbons (Fsp3) is 0.205. The lowest BCUT2D eigenvalue weighted by Gasteiger charge is -2.42. The molecule has 0 spiro atoms. The van der Waals surface area contributed by atoms with Crippen LogP contribution >= 0.6 is 15.9 Å². The van der Waals surface area contributed by atoms with Gasteiger partial charge in [0.1, 0.15) is 0 Å². The molecule has 4 saturated carbocycles. The van der Waals surface area contributed by atoms with E-state index in [1.807, 2.05) is 0 Å². The molecule has 4 aliphatic rings. The summed E-state index contributed by atoms with van der Waals surface area (Å²) in [4.78, 5) is 15.3. The van der Waals surface area contributed by atoms with Gasteiger partial charge in [-0.1, -0.05) is 125 Å². The van der Waals surface area contributed by atoms with E-state index in [1.165, 1.54) is 59.2 Å². The van der Waals surface area contributed by atoms with Crippen molar-refractivity contribution < 1.29 is 0 Å². The minimum atomic E-state index is 0.253. The van der Waals surface area contributed by atoms with Crippen molar-refractivity contribution in [1.82, 2.24) is 15.0 Å². The van der Waals surface area contributed by atoms with Gasteiger partial charge in [-0.3, -0.25) is 0 Å². The number of halogens is 1. The van der Waals surface area contributed by atoms with Crippen LogP contribution < -0.4 is 0 Å². The van der Waals surface area contributed by atoms with Gasteiger partial charge in [0.05, 0.1) is 0 Å². The lowest BCUT2D eigenvalue weighted by molar-refractivity contribution is 0.219. The number of aromatic nitrogens is 3. The molecule has 7 aromatic rings. The highest BCUT2D eigenvalue weighted by molar-refractivity contribution is 9.10. The van der Waals surface area contributed by atoms with Crippen molar-refractivity contribution in [1.29, 1.82) is 0 Å². The summed E-state index contributed by atoms with van der Waals surface area (Å²) in [5, 5.41) is 4.76. The summed E-state index contributed by atoms with van der Waals surface area (Å²) in [5.41, 5.74) is 6.61. The largest absolute Gasteiger partial charge is 0.208 e. The van der Waals surface area contributed by atoms with Crippen molar-refractivity contribution in [2.75, 3.05) is 0 Å². The average Bonchev–Trinajstić information content (AvgIpc) is 3.53. The summed E-state index contributed by atoms with van der Waals surface area (Å²) < 4.78 is 1.16. The van der Waals surface area contributed by atoms with Crippen molar-refractivity contribution in [3.63, 3.8) is 0 Å². The topological polar surface area (TPSA) is 38.7 Å². The Morgan fingerprint density at radius 2 is 1.02 bits per heavy atom. The molecule has 4 unspecified atom stereocenters. The molecule has 0 radical (unpaired) electrons. The van der Waals surface area contributed by atoms with Crippen LogP contribution in [0.1, 0.15) is 43.2 Å². The molecular formula is C44H34BrN3. The zero-order valence-electron chi connectivity index (χ0n) is 26.6. The first-order chi connectivity index (χ1) is 23.5. The first-order valence-corrected chi connectivity index (χ1v) is 17.9. The fourth-order valence-corrected chi connectivity index (χ4v) is 10.1. The van der Waals surface area contributed by atoms with Gasteiger partial charge < -0.3 is 0 Å². The highest BCUT2D eigenvalue weighted by Crippen LogP contribution is 2.71. The number of rotatable bonds is 5. The van der Waals surface area contributed by atoms with E-state index in [4.69, 9.17) is 15.0 Å². The summed E-state index contributed by atoms with van der Waals surface area (Å²) in [7, 11) is 0. The van der Waals surface area contributed by atoms with Crippen molar-refractivity contribution in [2.45, 2.75) is 42.9 Å². The molecule has 1 aromatic heterocycles. The maximum absolute atomic E-state index is 5.11. The number of benzene rings is 6. The van der Waals surface area contributed by atoms with Crippen LogP contribution in [-0.4, -0.2) is 15.0 Å². The Hall–Kier alpha value is -4.67. The molecule has 4 aliphatic carbocycles. The molecule has 48 heavy (non-hydrogen) atoms. The van der Waals surface area contributed by atoms with Crippen LogP contribution in [0.4, 0.5) is 0 Å². The Balaban J connectivity index is 1.05. The maximum Gasteiger partial charge on any atom is 0.164 e. The minimum absolute atomic E-state index is 0.253. The monoisotopic (exact) mass is 683 g/mol. The van der Waals surface area contributed by atoms with E-state index in [-0.39, 0.29) is 5.41 Å². The average molecular weight is 685 g/mol. The normalized spacial score (nSPS) is 24.1. The summed E-state index contributed by atoms with van der Waals surface area (Å²) in [6.45, 7) is 0. The second kappa shape index (κ2) is 10.7. The van der Waals surface area contributed by atoms with Crippen molar-refractivity contribution in [3.8, 4) is 34.2 Å². The third-order valence-corrected chi connectivity index (χ3v) is 12.4. The number of fused-ring (bicyclic) bond motifs is 2. The van der Waals surface area contributed by atoms with E-state index < -0.39 is 0 Å². The maximum atomic E-state index is 5.11. The van der Waals surface area contributed by atoms with E-state index in [9.17, 15) is 0 Å². The molecule has 4 bridgehead atoms. The summed E-state index contributed by atoms with van der Waals surface area (Å²) in [5.74, 6) is 3.69. The lowest BCUT2D eigenvalue weighted by atomic mass is 9.62. The molecule has 4 atom stereocenters. The predicted octanol–water partition coefficient (Wildman–Crippen LogP) is 11.3. The van der Waals surface area contributed by atoms with Crippen LogP contribution in [0.5, 0.6) is 0 Å². The molecule has 4 fully saturated rings. The number of nitrogens with zero attached hydrogens (tertiary/aromatic N) is 3. The van der Waals surface area contributed by atoms with Crippen molar-refractivity contribution in [3.05, 3.63) is 149 Å². The Morgan fingerprint density at radius 3 is 1.62 bits per heavy atom. The van der Waals surface area contributed by atoms with E-state index in [2.05, 4.69) is 149 Å². The van der Waals surface area contributed by atoms with E-state index >= 15 is 0 Å². The molecule has 3 nitrogen and oxygen atoms in total. The smallest absolute Gasteiger partial charge is 0.164 e. The van der Waals surface area contributed by atoms with Crippen LogP contribution in [0, 0.1) is 11.8 Å². The van der Waals surface area contributed by atoms with Crippen LogP contribution in [0.25, 0.3) is 55.7 Å². The van der Waals surface area contributed by atoms with Gasteiger partial charge in [0.2, 0.25) is 0 Å². The summed E-state index contributed by atoms with van der Waals surface area (Å²) in [6, 6.07) is 48.3. The first-order valence-electron chi connectivity index (χ1n) is 17.2. The SMILES string of the molecule is Brc1ccc(C23CC4CC2CC(c2ccc(-c5nc(-c6ccc7ccccc7c6)nc(-c6ccc7ccccc7c6)n5)cc2)(C4)C3)cc1. The van der Waals surface area contributed by atoms with Gasteiger partial charge in [0, 0.05) is 21.2 Å². The quantitative estimate of drug-likeness (QED) is 0.181. The molecule has 6 aromatic carbocycles. The zero-order valence-corrected chi connectivity index (χ0v) is 28.2. The van der Waals surface area contributed by atoms with E-state index in [0.717, 1.165) is 33.0 Å². The second-order valence-corrected chi connectivity index (χ2v) is 15.5. The second-order valence-electron chi connectivity index (χ2n) is 14.5. The Kier molecular flexibility index (Phi) is 6.30.